The summed E-state index contributed by atoms with van der Waals surface area (Å²) >= 11 is 0. The second-order valence-electron chi connectivity index (χ2n) is 11.0. The van der Waals surface area contributed by atoms with Crippen LogP contribution < -0.4 is 10.7 Å². The van der Waals surface area contributed by atoms with Crippen molar-refractivity contribution in [2.24, 2.45) is 7.05 Å². The number of aromatic hydroxyl groups is 1. The Bertz CT molecular complexity index is 1720. The van der Waals surface area contributed by atoms with Gasteiger partial charge in [-0.3, -0.25) is 24.0 Å². The molecule has 3 atom stereocenters. The zero-order valence-electron chi connectivity index (χ0n) is 23.0. The number of rotatable bonds is 5. The van der Waals surface area contributed by atoms with E-state index in [2.05, 4.69) is 15.5 Å². The third-order valence-electron chi connectivity index (χ3n) is 8.25. The molecule has 0 radical (unpaired) electrons. The molecular formula is C27H26F3N7O6. The van der Waals surface area contributed by atoms with E-state index in [1.807, 2.05) is 6.92 Å². The third-order valence-corrected chi connectivity index (χ3v) is 8.25. The molecule has 226 valence electrons. The third kappa shape index (κ3) is 4.70. The predicted octanol–water partition coefficient (Wildman–Crippen LogP) is 1.31. The molecule has 13 nitrogen and oxygen atoms in total. The van der Waals surface area contributed by atoms with Crippen molar-refractivity contribution in [3.63, 3.8) is 0 Å². The molecule has 1 aromatic carbocycles. The standard InChI is InChI=1S/C27H26F3N7O6/c1-13-3-4-27(7-21(38)37(43-27)10-15-8-32-34(2)33-15)20-12-35(13)26(42)22-24(40)23(39)17(11-36(20)22)25(41)31-9-16-18(29)5-14(28)6-19(16)30/h5-6,8,11,13,20,40H,3-4,7,9-10,12H2,1-2H3,(H,31,41)/t13-,20+,27-/m0/s1. The Morgan fingerprint density at radius 1 is 1.21 bits per heavy atom. The highest BCUT2D eigenvalue weighted by Gasteiger charge is 2.56. The lowest BCUT2D eigenvalue weighted by Gasteiger charge is -2.42. The Morgan fingerprint density at radius 3 is 2.60 bits per heavy atom. The maximum absolute atomic E-state index is 14.1. The first-order valence-corrected chi connectivity index (χ1v) is 13.4. The van der Waals surface area contributed by atoms with E-state index in [0.29, 0.717) is 30.7 Å². The maximum atomic E-state index is 14.1. The molecule has 2 saturated heterocycles. The van der Waals surface area contributed by atoms with Crippen molar-refractivity contribution in [3.05, 3.63) is 74.7 Å². The number of nitrogens with zero attached hydrogens (tertiary/aromatic N) is 6. The van der Waals surface area contributed by atoms with Crippen molar-refractivity contribution >= 4 is 17.7 Å². The van der Waals surface area contributed by atoms with E-state index in [1.165, 1.54) is 25.5 Å². The lowest BCUT2D eigenvalue weighted by Crippen LogP contribution is -2.52. The highest BCUT2D eigenvalue weighted by molar-refractivity contribution is 5.99. The molecule has 0 unspecified atom stereocenters. The minimum absolute atomic E-state index is 0.00573. The summed E-state index contributed by atoms with van der Waals surface area (Å²) in [6, 6.07) is -0.241. The fourth-order valence-electron chi connectivity index (χ4n) is 6.00. The average Bonchev–Trinajstić information content (AvgIpc) is 3.46. The molecule has 0 aliphatic carbocycles. The van der Waals surface area contributed by atoms with Gasteiger partial charge in [-0.1, -0.05) is 0 Å². The summed E-state index contributed by atoms with van der Waals surface area (Å²) in [5.74, 6) is -6.70. The number of benzene rings is 1. The minimum atomic E-state index is -1.24. The number of aryl methyl sites for hydroxylation is 1. The first kappa shape index (κ1) is 28.4. The van der Waals surface area contributed by atoms with E-state index >= 15 is 0 Å². The number of hydrogen-bond acceptors (Lipinski definition) is 8. The Hall–Kier alpha value is -4.73. The van der Waals surface area contributed by atoms with E-state index in [4.69, 9.17) is 4.84 Å². The number of pyridine rings is 1. The monoisotopic (exact) mass is 601 g/mol. The molecule has 1 spiro atoms. The van der Waals surface area contributed by atoms with Crippen molar-refractivity contribution in [1.82, 2.24) is 34.8 Å². The fraction of sp³-hybridized carbons (Fsp3) is 0.407. The quantitative estimate of drug-likeness (QED) is 0.444. The number of fused-ring (bicyclic) bond motifs is 5. The average molecular weight is 602 g/mol. The van der Waals surface area contributed by atoms with Crippen LogP contribution in [-0.2, 0) is 29.8 Å². The van der Waals surface area contributed by atoms with Gasteiger partial charge in [-0.25, -0.2) is 18.2 Å². The van der Waals surface area contributed by atoms with Crippen molar-refractivity contribution in [2.75, 3.05) is 6.54 Å². The molecule has 2 N–H and O–H groups in total. The highest BCUT2D eigenvalue weighted by atomic mass is 19.1. The topological polar surface area (TPSA) is 152 Å². The second kappa shape index (κ2) is 10.2. The lowest BCUT2D eigenvalue weighted by atomic mass is 9.85. The van der Waals surface area contributed by atoms with Crippen LogP contribution in [0.15, 0.2) is 29.3 Å². The van der Waals surface area contributed by atoms with Gasteiger partial charge in [-0.05, 0) is 19.8 Å². The molecule has 0 saturated carbocycles. The Kier molecular flexibility index (Phi) is 6.75. The summed E-state index contributed by atoms with van der Waals surface area (Å²) in [4.78, 5) is 62.0. The maximum Gasteiger partial charge on any atom is 0.274 e. The molecule has 2 bridgehead atoms. The number of carbonyl (C=O) groups is 3. The van der Waals surface area contributed by atoms with Crippen LogP contribution in [0.4, 0.5) is 13.2 Å². The van der Waals surface area contributed by atoms with Crippen LogP contribution in [0.1, 0.15) is 64.3 Å². The largest absolute Gasteiger partial charge is 0.503 e. The molecule has 3 amide bonds. The van der Waals surface area contributed by atoms with Crippen molar-refractivity contribution < 1.29 is 37.5 Å². The van der Waals surface area contributed by atoms with Gasteiger partial charge in [0.05, 0.1) is 25.2 Å². The fourth-order valence-corrected chi connectivity index (χ4v) is 6.00. The SMILES string of the molecule is C[C@H]1CC[C@]2(CC(=O)N(Cc3cnn(C)n3)O2)[C@H]2CN1C(=O)c1c(O)c(=O)c(C(=O)NCc3c(F)cc(F)cc3F)cn12. The second-order valence-corrected chi connectivity index (χ2v) is 11.0. The van der Waals surface area contributed by atoms with E-state index in [0.717, 1.165) is 6.20 Å². The molecule has 3 aromatic rings. The summed E-state index contributed by atoms with van der Waals surface area (Å²) in [6.45, 7) is 1.13. The zero-order chi connectivity index (χ0) is 30.8. The molecular weight excluding hydrogens is 575 g/mol. The predicted molar refractivity (Wildman–Crippen MR) is 139 cm³/mol. The Morgan fingerprint density at radius 2 is 1.93 bits per heavy atom. The van der Waals surface area contributed by atoms with Crippen LogP contribution in [-0.4, -0.2) is 70.5 Å². The summed E-state index contributed by atoms with van der Waals surface area (Å²) in [6.07, 6.45) is 3.24. The Labute approximate surface area is 241 Å². The summed E-state index contributed by atoms with van der Waals surface area (Å²) < 4.78 is 42.8. The summed E-state index contributed by atoms with van der Waals surface area (Å²) in [5, 5.41) is 22.5. The number of hydroxylamine groups is 2. The zero-order valence-corrected chi connectivity index (χ0v) is 23.0. The van der Waals surface area contributed by atoms with Gasteiger partial charge in [0.25, 0.3) is 11.8 Å². The van der Waals surface area contributed by atoms with Crippen LogP contribution in [0.2, 0.25) is 0 Å². The van der Waals surface area contributed by atoms with Crippen LogP contribution in [0.25, 0.3) is 0 Å². The number of nitrogens with one attached hydrogen (secondary N) is 1. The number of aromatic nitrogens is 4. The molecule has 43 heavy (non-hydrogen) atoms. The van der Waals surface area contributed by atoms with E-state index < -0.39 is 69.8 Å². The van der Waals surface area contributed by atoms with Crippen LogP contribution in [0.5, 0.6) is 5.75 Å². The molecule has 3 aliphatic rings. The summed E-state index contributed by atoms with van der Waals surface area (Å²) in [5.41, 5.74) is -3.53. The van der Waals surface area contributed by atoms with Crippen molar-refractivity contribution in [1.29, 1.82) is 0 Å². The van der Waals surface area contributed by atoms with Gasteiger partial charge < -0.3 is 19.9 Å². The molecule has 2 aromatic heterocycles. The molecule has 2 fully saturated rings. The first-order valence-electron chi connectivity index (χ1n) is 13.4. The van der Waals surface area contributed by atoms with Gasteiger partial charge in [0, 0.05) is 50.1 Å². The normalized spacial score (nSPS) is 23.1. The van der Waals surface area contributed by atoms with Gasteiger partial charge in [-0.2, -0.15) is 15.0 Å². The molecule has 3 aliphatic heterocycles. The van der Waals surface area contributed by atoms with Gasteiger partial charge in [0.15, 0.2) is 11.4 Å². The Balaban J connectivity index is 1.37. The van der Waals surface area contributed by atoms with Crippen LogP contribution in [0.3, 0.4) is 0 Å². The highest BCUT2D eigenvalue weighted by Crippen LogP contribution is 2.47. The first-order chi connectivity index (χ1) is 20.4. The molecule has 5 heterocycles. The number of hydrogen-bond donors (Lipinski definition) is 2. The lowest BCUT2D eigenvalue weighted by molar-refractivity contribution is -0.218. The van der Waals surface area contributed by atoms with E-state index in [1.54, 1.807) is 7.05 Å². The summed E-state index contributed by atoms with van der Waals surface area (Å²) in [7, 11) is 1.63. The van der Waals surface area contributed by atoms with Crippen LogP contribution >= 0.6 is 0 Å². The number of amides is 3. The van der Waals surface area contributed by atoms with Gasteiger partial charge in [0.1, 0.15) is 34.3 Å². The van der Waals surface area contributed by atoms with Crippen molar-refractivity contribution in [3.8, 4) is 5.75 Å². The van der Waals surface area contributed by atoms with Gasteiger partial charge >= 0.3 is 0 Å². The van der Waals surface area contributed by atoms with E-state index in [-0.39, 0.29) is 37.2 Å². The van der Waals surface area contributed by atoms with Gasteiger partial charge in [0.2, 0.25) is 11.3 Å². The minimum Gasteiger partial charge on any atom is -0.503 e. The van der Waals surface area contributed by atoms with E-state index in [9.17, 15) is 37.5 Å². The van der Waals surface area contributed by atoms with Crippen LogP contribution in [0, 0.1) is 17.5 Å². The van der Waals surface area contributed by atoms with Gasteiger partial charge in [-0.15, -0.1) is 0 Å². The molecule has 16 heteroatoms. The molecule has 6 rings (SSSR count). The van der Waals surface area contributed by atoms with Crippen molar-refractivity contribution in [2.45, 2.75) is 57.0 Å². The smallest absolute Gasteiger partial charge is 0.274 e. The number of carbonyl (C=O) groups excluding carboxylic acids is 3. The number of halogens is 3.